The summed E-state index contributed by atoms with van der Waals surface area (Å²) in [6, 6.07) is 10.1. The van der Waals surface area contributed by atoms with Gasteiger partial charge in [0.25, 0.3) is 0 Å². The lowest BCUT2D eigenvalue weighted by Crippen LogP contribution is -2.33. The molecule has 0 aliphatic heterocycles. The van der Waals surface area contributed by atoms with Crippen molar-refractivity contribution in [1.82, 2.24) is 4.98 Å². The van der Waals surface area contributed by atoms with Crippen molar-refractivity contribution < 1.29 is 9.47 Å². The minimum absolute atomic E-state index is 0.143. The van der Waals surface area contributed by atoms with Gasteiger partial charge in [0.1, 0.15) is 17.6 Å². The summed E-state index contributed by atoms with van der Waals surface area (Å²) in [4.78, 5) is 4.20. The highest BCUT2D eigenvalue weighted by Gasteiger charge is 2.31. The maximum absolute atomic E-state index is 6.36. The Balaban J connectivity index is 2.46. The molecule has 3 heteroatoms. The molecule has 1 heterocycles. The molecule has 0 spiro atoms. The molecule has 2 rings (SSSR count). The van der Waals surface area contributed by atoms with Crippen LogP contribution in [0.3, 0.4) is 0 Å². The van der Waals surface area contributed by atoms with Crippen molar-refractivity contribution in [2.75, 3.05) is 6.61 Å². The number of aromatic nitrogens is 1. The van der Waals surface area contributed by atoms with E-state index >= 15 is 0 Å². The van der Waals surface area contributed by atoms with Gasteiger partial charge in [-0.05, 0) is 48.6 Å². The first-order valence-corrected chi connectivity index (χ1v) is 8.90. The van der Waals surface area contributed by atoms with E-state index < -0.39 is 0 Å². The molecule has 0 aliphatic rings. The predicted molar refractivity (Wildman–Crippen MR) is 108 cm³/mol. The van der Waals surface area contributed by atoms with E-state index in [1.54, 1.807) is 12.3 Å². The Bertz CT molecular complexity index is 758. The van der Waals surface area contributed by atoms with Gasteiger partial charge in [0.15, 0.2) is 0 Å². The third-order valence-corrected chi connectivity index (χ3v) is 3.98. The van der Waals surface area contributed by atoms with E-state index in [0.717, 1.165) is 22.6 Å². The second-order valence-corrected chi connectivity index (χ2v) is 7.57. The molecule has 1 aromatic heterocycles. The molecule has 0 aliphatic carbocycles. The maximum Gasteiger partial charge on any atom is 0.134 e. The van der Waals surface area contributed by atoms with Crippen LogP contribution in [-0.2, 0) is 4.74 Å². The molecule has 0 amide bonds. The standard InChI is InChI=1S/C23H29NO2/c1-7-13-25-22(23(4,5)6)21(15-19-9-8-12-24-16-19)26-20-11-10-17(2)14-18(20)3/h7-12,14-16,22H,1,13H2,2-6H3. The topological polar surface area (TPSA) is 31.4 Å². The highest BCUT2D eigenvalue weighted by molar-refractivity contribution is 5.52. The summed E-state index contributed by atoms with van der Waals surface area (Å²) < 4.78 is 12.5. The predicted octanol–water partition coefficient (Wildman–Crippen LogP) is 5.74. The van der Waals surface area contributed by atoms with E-state index in [0.29, 0.717) is 6.61 Å². The number of ether oxygens (including phenoxy) is 2. The van der Waals surface area contributed by atoms with Crippen molar-refractivity contribution in [2.24, 2.45) is 5.41 Å². The van der Waals surface area contributed by atoms with Crippen LogP contribution in [0.5, 0.6) is 5.75 Å². The van der Waals surface area contributed by atoms with Crippen LogP contribution in [0.1, 0.15) is 37.5 Å². The first kappa shape index (κ1) is 19.9. The average Bonchev–Trinajstić information content (AvgIpc) is 2.57. The van der Waals surface area contributed by atoms with E-state index in [1.807, 2.05) is 30.5 Å². The summed E-state index contributed by atoms with van der Waals surface area (Å²) in [6.07, 6.45) is 7.13. The van der Waals surface area contributed by atoms with Gasteiger partial charge in [-0.25, -0.2) is 0 Å². The second-order valence-electron chi connectivity index (χ2n) is 7.57. The van der Waals surface area contributed by atoms with Crippen LogP contribution in [0, 0.1) is 19.3 Å². The molecule has 0 bridgehead atoms. The fourth-order valence-corrected chi connectivity index (χ4v) is 2.75. The Morgan fingerprint density at radius 1 is 1.23 bits per heavy atom. The van der Waals surface area contributed by atoms with Crippen molar-refractivity contribution in [1.29, 1.82) is 0 Å². The van der Waals surface area contributed by atoms with E-state index in [1.165, 1.54) is 5.56 Å². The molecule has 1 unspecified atom stereocenters. The van der Waals surface area contributed by atoms with Crippen LogP contribution < -0.4 is 4.74 Å². The number of pyridine rings is 1. The number of rotatable bonds is 7. The smallest absolute Gasteiger partial charge is 0.134 e. The second kappa shape index (κ2) is 8.81. The van der Waals surface area contributed by atoms with Crippen LogP contribution in [0.2, 0.25) is 0 Å². The molecular formula is C23H29NO2. The van der Waals surface area contributed by atoms with Crippen molar-refractivity contribution in [3.8, 4) is 5.75 Å². The van der Waals surface area contributed by atoms with Gasteiger partial charge in [0.2, 0.25) is 0 Å². The van der Waals surface area contributed by atoms with Gasteiger partial charge in [-0.3, -0.25) is 4.98 Å². The third-order valence-electron chi connectivity index (χ3n) is 3.98. The molecule has 0 radical (unpaired) electrons. The summed E-state index contributed by atoms with van der Waals surface area (Å²) in [5, 5.41) is 0. The third kappa shape index (κ3) is 5.57. The molecule has 138 valence electrons. The van der Waals surface area contributed by atoms with E-state index in [4.69, 9.17) is 9.47 Å². The van der Waals surface area contributed by atoms with Gasteiger partial charge in [-0.1, -0.05) is 50.6 Å². The van der Waals surface area contributed by atoms with Crippen LogP contribution in [-0.4, -0.2) is 17.7 Å². The lowest BCUT2D eigenvalue weighted by atomic mass is 9.87. The first-order chi connectivity index (χ1) is 12.3. The number of hydrogen-bond donors (Lipinski definition) is 0. The highest BCUT2D eigenvalue weighted by Crippen LogP contribution is 2.32. The normalized spacial score (nSPS) is 13.3. The number of nitrogens with zero attached hydrogens (tertiary/aromatic N) is 1. The maximum atomic E-state index is 6.36. The monoisotopic (exact) mass is 351 g/mol. The quantitative estimate of drug-likeness (QED) is 0.471. The fraction of sp³-hybridized carbons (Fsp3) is 0.348. The molecule has 0 saturated heterocycles. The van der Waals surface area contributed by atoms with E-state index in [-0.39, 0.29) is 11.5 Å². The summed E-state index contributed by atoms with van der Waals surface area (Å²) >= 11 is 0. The lowest BCUT2D eigenvalue weighted by molar-refractivity contribution is 0.00167. The van der Waals surface area contributed by atoms with Gasteiger partial charge in [-0.15, -0.1) is 6.58 Å². The summed E-state index contributed by atoms with van der Waals surface area (Å²) in [7, 11) is 0. The molecule has 26 heavy (non-hydrogen) atoms. The van der Waals surface area contributed by atoms with Crippen LogP contribution in [0.4, 0.5) is 0 Å². The Morgan fingerprint density at radius 2 is 2.00 bits per heavy atom. The summed E-state index contributed by atoms with van der Waals surface area (Å²) in [5.41, 5.74) is 3.14. The first-order valence-electron chi connectivity index (χ1n) is 8.90. The van der Waals surface area contributed by atoms with Crippen LogP contribution >= 0.6 is 0 Å². The number of aryl methyl sites for hydroxylation is 2. The molecular weight excluding hydrogens is 322 g/mol. The summed E-state index contributed by atoms with van der Waals surface area (Å²) in [6.45, 7) is 14.8. The lowest BCUT2D eigenvalue weighted by Gasteiger charge is -2.32. The van der Waals surface area contributed by atoms with Gasteiger partial charge in [-0.2, -0.15) is 0 Å². The molecule has 1 atom stereocenters. The van der Waals surface area contributed by atoms with Crippen LogP contribution in [0.25, 0.3) is 6.08 Å². The molecule has 0 fully saturated rings. The van der Waals surface area contributed by atoms with Crippen molar-refractivity contribution >= 4 is 6.08 Å². The SMILES string of the molecule is C=CCOC(C(=Cc1cccnc1)Oc1ccc(C)cc1C)C(C)(C)C. The van der Waals surface area contributed by atoms with E-state index in [2.05, 4.69) is 58.3 Å². The molecule has 0 N–H and O–H groups in total. The molecule has 3 nitrogen and oxygen atoms in total. The zero-order valence-corrected chi connectivity index (χ0v) is 16.5. The van der Waals surface area contributed by atoms with Gasteiger partial charge in [0.05, 0.1) is 6.61 Å². The minimum atomic E-state index is -0.221. The Labute approximate surface area is 157 Å². The molecule has 0 saturated carbocycles. The van der Waals surface area contributed by atoms with Gasteiger partial charge in [0, 0.05) is 12.4 Å². The Hall–Kier alpha value is -2.39. The fourth-order valence-electron chi connectivity index (χ4n) is 2.75. The van der Waals surface area contributed by atoms with Crippen molar-refractivity contribution in [2.45, 2.75) is 40.7 Å². The minimum Gasteiger partial charge on any atom is -0.459 e. The highest BCUT2D eigenvalue weighted by atomic mass is 16.5. The number of benzene rings is 1. The van der Waals surface area contributed by atoms with Crippen molar-refractivity contribution in [3.63, 3.8) is 0 Å². The zero-order valence-electron chi connectivity index (χ0n) is 16.5. The van der Waals surface area contributed by atoms with Gasteiger partial charge < -0.3 is 9.47 Å². The Kier molecular flexibility index (Phi) is 6.76. The van der Waals surface area contributed by atoms with Crippen LogP contribution in [0.15, 0.2) is 61.1 Å². The average molecular weight is 351 g/mol. The largest absolute Gasteiger partial charge is 0.459 e. The molecule has 2 aromatic rings. The summed E-state index contributed by atoms with van der Waals surface area (Å²) in [5.74, 6) is 1.60. The van der Waals surface area contributed by atoms with Crippen molar-refractivity contribution in [3.05, 3.63) is 77.8 Å². The van der Waals surface area contributed by atoms with Gasteiger partial charge >= 0.3 is 0 Å². The van der Waals surface area contributed by atoms with E-state index in [9.17, 15) is 0 Å². The zero-order chi connectivity index (χ0) is 19.2. The Morgan fingerprint density at radius 3 is 2.58 bits per heavy atom. The number of hydrogen-bond acceptors (Lipinski definition) is 3. The molecule has 1 aromatic carbocycles.